The number of ether oxygens (including phenoxy) is 1. The maximum atomic E-state index is 12.7. The second-order valence-electron chi connectivity index (χ2n) is 6.53. The standard InChI is InChI=1S/C20H24N2O3S/c1-4-22-10-9-15-16(12-22)26-19(17(15)20(24)25-5-2)21-18(23)14-8-6-7-13(3)11-14/h6-8,11H,4-5,9-10,12H2,1-3H3,(H,21,23)/p+1. The van der Waals surface area contributed by atoms with Gasteiger partial charge in [-0.05, 0) is 38.5 Å². The highest BCUT2D eigenvalue weighted by molar-refractivity contribution is 7.17. The Morgan fingerprint density at radius 2 is 2.12 bits per heavy atom. The molecule has 6 heteroatoms. The summed E-state index contributed by atoms with van der Waals surface area (Å²) in [5, 5.41) is 3.56. The highest BCUT2D eigenvalue weighted by Crippen LogP contribution is 2.35. The normalized spacial score (nSPS) is 16.0. The molecular weight excluding hydrogens is 348 g/mol. The van der Waals surface area contributed by atoms with Crippen LogP contribution in [0.2, 0.25) is 0 Å². The van der Waals surface area contributed by atoms with Gasteiger partial charge in [0.25, 0.3) is 5.91 Å². The number of carbonyl (C=O) groups excluding carboxylic acids is 2. The van der Waals surface area contributed by atoms with E-state index in [1.54, 1.807) is 13.0 Å². The van der Waals surface area contributed by atoms with Gasteiger partial charge < -0.3 is 15.0 Å². The number of fused-ring (bicyclic) bond motifs is 1. The summed E-state index contributed by atoms with van der Waals surface area (Å²) in [6.45, 7) is 9.18. The Balaban J connectivity index is 1.94. The van der Waals surface area contributed by atoms with Gasteiger partial charge >= 0.3 is 5.97 Å². The smallest absolute Gasteiger partial charge is 0.341 e. The lowest BCUT2D eigenvalue weighted by Crippen LogP contribution is -3.11. The Hall–Kier alpha value is -2.18. The maximum Gasteiger partial charge on any atom is 0.341 e. The number of amides is 1. The first-order valence-corrected chi connectivity index (χ1v) is 9.88. The van der Waals surface area contributed by atoms with Crippen LogP contribution >= 0.6 is 11.3 Å². The number of anilines is 1. The monoisotopic (exact) mass is 373 g/mol. The van der Waals surface area contributed by atoms with Gasteiger partial charge in [-0.3, -0.25) is 4.79 Å². The zero-order chi connectivity index (χ0) is 18.7. The molecule has 1 unspecified atom stereocenters. The summed E-state index contributed by atoms with van der Waals surface area (Å²) in [6, 6.07) is 7.43. The second kappa shape index (κ2) is 8.01. The molecule has 0 fully saturated rings. The van der Waals surface area contributed by atoms with Crippen LogP contribution in [0.15, 0.2) is 24.3 Å². The summed E-state index contributed by atoms with van der Waals surface area (Å²) in [4.78, 5) is 27.9. The average Bonchev–Trinajstić information content (AvgIpc) is 2.98. The van der Waals surface area contributed by atoms with Crippen LogP contribution in [0, 0.1) is 6.92 Å². The summed E-state index contributed by atoms with van der Waals surface area (Å²) in [6.07, 6.45) is 0.837. The SMILES string of the molecule is CCOC(=O)c1c(NC(=O)c2cccc(C)c2)sc2c1CC[NH+](CC)C2. The maximum absolute atomic E-state index is 12.7. The van der Waals surface area contributed by atoms with Crippen LogP contribution in [0.25, 0.3) is 0 Å². The van der Waals surface area contributed by atoms with E-state index in [2.05, 4.69) is 12.2 Å². The van der Waals surface area contributed by atoms with Crippen molar-refractivity contribution in [2.24, 2.45) is 0 Å². The van der Waals surface area contributed by atoms with Gasteiger partial charge in [-0.15, -0.1) is 11.3 Å². The fraction of sp³-hybridized carbons (Fsp3) is 0.400. The van der Waals surface area contributed by atoms with E-state index >= 15 is 0 Å². The number of benzene rings is 1. The van der Waals surface area contributed by atoms with Crippen LogP contribution in [-0.4, -0.2) is 31.6 Å². The highest BCUT2D eigenvalue weighted by atomic mass is 32.1. The molecule has 26 heavy (non-hydrogen) atoms. The van der Waals surface area contributed by atoms with E-state index in [1.165, 1.54) is 21.1 Å². The molecule has 0 spiro atoms. The van der Waals surface area contributed by atoms with Crippen molar-refractivity contribution in [3.05, 3.63) is 51.4 Å². The molecule has 5 nitrogen and oxygen atoms in total. The van der Waals surface area contributed by atoms with Crippen molar-refractivity contribution >= 4 is 28.2 Å². The fourth-order valence-corrected chi connectivity index (χ4v) is 4.61. The van der Waals surface area contributed by atoms with Crippen LogP contribution in [-0.2, 0) is 17.7 Å². The molecule has 3 rings (SSSR count). The van der Waals surface area contributed by atoms with Gasteiger partial charge in [-0.25, -0.2) is 4.79 Å². The van der Waals surface area contributed by atoms with Crippen molar-refractivity contribution in [2.45, 2.75) is 33.7 Å². The van der Waals surface area contributed by atoms with Crippen molar-refractivity contribution in [1.29, 1.82) is 0 Å². The summed E-state index contributed by atoms with van der Waals surface area (Å²) in [7, 11) is 0. The van der Waals surface area contributed by atoms with Crippen LogP contribution in [0.4, 0.5) is 5.00 Å². The number of esters is 1. The Morgan fingerprint density at radius 1 is 1.31 bits per heavy atom. The van der Waals surface area contributed by atoms with Crippen molar-refractivity contribution in [2.75, 3.05) is 25.0 Å². The highest BCUT2D eigenvalue weighted by Gasteiger charge is 2.30. The van der Waals surface area contributed by atoms with Gasteiger partial charge in [0, 0.05) is 12.0 Å². The summed E-state index contributed by atoms with van der Waals surface area (Å²) in [5.74, 6) is -0.540. The quantitative estimate of drug-likeness (QED) is 0.792. The molecule has 1 atom stereocenters. The third-order valence-corrected chi connectivity index (χ3v) is 5.86. The van der Waals surface area contributed by atoms with E-state index in [0.717, 1.165) is 37.2 Å². The Morgan fingerprint density at radius 3 is 2.81 bits per heavy atom. The molecule has 1 aliphatic heterocycles. The molecular formula is C20H25N2O3S+. The first kappa shape index (κ1) is 18.6. The first-order valence-electron chi connectivity index (χ1n) is 9.06. The lowest BCUT2D eigenvalue weighted by molar-refractivity contribution is -0.913. The van der Waals surface area contributed by atoms with Gasteiger partial charge in [0.2, 0.25) is 0 Å². The van der Waals surface area contributed by atoms with Crippen molar-refractivity contribution < 1.29 is 19.2 Å². The zero-order valence-electron chi connectivity index (χ0n) is 15.5. The fourth-order valence-electron chi connectivity index (χ4n) is 3.31. The summed E-state index contributed by atoms with van der Waals surface area (Å²) < 4.78 is 5.26. The molecule has 1 aromatic heterocycles. The predicted octanol–water partition coefficient (Wildman–Crippen LogP) is 2.45. The minimum atomic E-state index is -0.343. The average molecular weight is 373 g/mol. The molecule has 2 N–H and O–H groups in total. The third kappa shape index (κ3) is 3.81. The van der Waals surface area contributed by atoms with Crippen LogP contribution in [0.5, 0.6) is 0 Å². The Kier molecular flexibility index (Phi) is 5.74. The Labute approximate surface area is 158 Å². The van der Waals surface area contributed by atoms with Gasteiger partial charge in [0.05, 0.1) is 30.1 Å². The molecule has 1 amide bonds. The molecule has 0 saturated heterocycles. The number of aryl methyl sites for hydroxylation is 1. The van der Waals surface area contributed by atoms with Crippen molar-refractivity contribution in [3.8, 4) is 0 Å². The van der Waals surface area contributed by atoms with E-state index in [-0.39, 0.29) is 11.9 Å². The van der Waals surface area contributed by atoms with Gasteiger partial charge in [0.15, 0.2) is 0 Å². The number of quaternary nitrogens is 1. The number of nitrogens with one attached hydrogen (secondary N) is 2. The van der Waals surface area contributed by atoms with E-state index in [0.29, 0.717) is 22.7 Å². The minimum Gasteiger partial charge on any atom is -0.462 e. The zero-order valence-corrected chi connectivity index (χ0v) is 16.3. The molecule has 0 saturated carbocycles. The third-order valence-electron chi connectivity index (χ3n) is 4.72. The first-order chi connectivity index (χ1) is 12.5. The van der Waals surface area contributed by atoms with Crippen molar-refractivity contribution in [1.82, 2.24) is 0 Å². The minimum absolute atomic E-state index is 0.197. The molecule has 0 aliphatic carbocycles. The molecule has 138 valence electrons. The molecule has 1 aromatic carbocycles. The number of hydrogen-bond acceptors (Lipinski definition) is 4. The van der Waals surface area contributed by atoms with E-state index in [1.807, 2.05) is 25.1 Å². The summed E-state index contributed by atoms with van der Waals surface area (Å²) >= 11 is 1.51. The second-order valence-corrected chi connectivity index (χ2v) is 7.64. The number of carbonyl (C=O) groups is 2. The van der Waals surface area contributed by atoms with E-state index in [9.17, 15) is 9.59 Å². The van der Waals surface area contributed by atoms with Crippen LogP contribution < -0.4 is 10.2 Å². The van der Waals surface area contributed by atoms with Crippen molar-refractivity contribution in [3.63, 3.8) is 0 Å². The lowest BCUT2D eigenvalue weighted by atomic mass is 10.0. The largest absolute Gasteiger partial charge is 0.462 e. The molecule has 1 aliphatic rings. The number of likely N-dealkylation sites (N-methyl/N-ethyl adjacent to an activating group) is 1. The summed E-state index contributed by atoms with van der Waals surface area (Å²) in [5.41, 5.74) is 3.20. The topological polar surface area (TPSA) is 59.8 Å². The van der Waals surface area contributed by atoms with E-state index in [4.69, 9.17) is 4.74 Å². The molecule has 0 bridgehead atoms. The molecule has 2 aromatic rings. The van der Waals surface area contributed by atoms with Gasteiger partial charge in [-0.1, -0.05) is 17.7 Å². The number of hydrogen-bond donors (Lipinski definition) is 2. The van der Waals surface area contributed by atoms with Crippen LogP contribution in [0.1, 0.15) is 50.6 Å². The van der Waals surface area contributed by atoms with E-state index < -0.39 is 0 Å². The van der Waals surface area contributed by atoms with Gasteiger partial charge in [-0.2, -0.15) is 0 Å². The van der Waals surface area contributed by atoms with Crippen LogP contribution in [0.3, 0.4) is 0 Å². The molecule has 2 heterocycles. The number of thiophene rings is 1. The number of rotatable bonds is 5. The lowest BCUT2D eigenvalue weighted by Gasteiger charge is -2.22. The predicted molar refractivity (Wildman–Crippen MR) is 103 cm³/mol. The molecule has 0 radical (unpaired) electrons. The van der Waals surface area contributed by atoms with Gasteiger partial charge in [0.1, 0.15) is 11.5 Å². The Bertz CT molecular complexity index is 828.